The maximum absolute atomic E-state index is 12.3. The van der Waals surface area contributed by atoms with Gasteiger partial charge in [0.15, 0.2) is 0 Å². The standard InChI is InChI=1S/C26H35ClNO/c1-7-25(3,4)20-13-12-19(23(18-20)26(5,6)8-2)10-9-11-24(29)28-22-16-14-21(27)15-17-22/h12-14,16-18H,7-11H2,1-6H3,(H,28,29). The van der Waals surface area contributed by atoms with Gasteiger partial charge in [0.25, 0.3) is 0 Å². The summed E-state index contributed by atoms with van der Waals surface area (Å²) in [6.07, 6.45) is 4.43. The number of carbonyl (C=O) groups is 1. The Bertz CT molecular complexity index is 821. The first-order valence-corrected chi connectivity index (χ1v) is 11.1. The molecule has 2 rings (SSSR count). The van der Waals surface area contributed by atoms with Crippen molar-refractivity contribution in [2.24, 2.45) is 0 Å². The summed E-state index contributed by atoms with van der Waals surface area (Å²) in [5.41, 5.74) is 5.21. The number of amides is 1. The van der Waals surface area contributed by atoms with Gasteiger partial charge in [-0.05, 0) is 71.4 Å². The highest BCUT2D eigenvalue weighted by atomic mass is 35.5. The SMILES string of the molecule is CCC(C)(C)c1ccc(CCCC(=O)Nc2c[c]c(Cl)cc2)c(C(C)(C)CC)c1. The average molecular weight is 413 g/mol. The molecule has 0 spiro atoms. The molecule has 157 valence electrons. The lowest BCUT2D eigenvalue weighted by molar-refractivity contribution is -0.116. The second kappa shape index (κ2) is 9.80. The monoisotopic (exact) mass is 412 g/mol. The Morgan fingerprint density at radius 3 is 2.31 bits per heavy atom. The Kier molecular flexibility index (Phi) is 7.94. The van der Waals surface area contributed by atoms with Crippen LogP contribution in [0.3, 0.4) is 0 Å². The van der Waals surface area contributed by atoms with Crippen molar-refractivity contribution < 1.29 is 4.79 Å². The van der Waals surface area contributed by atoms with Crippen LogP contribution in [0.1, 0.15) is 83.9 Å². The van der Waals surface area contributed by atoms with Crippen LogP contribution in [0.5, 0.6) is 0 Å². The van der Waals surface area contributed by atoms with E-state index >= 15 is 0 Å². The number of rotatable bonds is 9. The highest BCUT2D eigenvalue weighted by molar-refractivity contribution is 6.30. The van der Waals surface area contributed by atoms with Crippen molar-refractivity contribution in [2.75, 3.05) is 5.32 Å². The second-order valence-corrected chi connectivity index (χ2v) is 9.58. The predicted molar refractivity (Wildman–Crippen MR) is 125 cm³/mol. The minimum absolute atomic E-state index is 0.0285. The molecule has 0 fully saturated rings. The van der Waals surface area contributed by atoms with E-state index in [9.17, 15) is 4.79 Å². The van der Waals surface area contributed by atoms with Crippen LogP contribution in [0.15, 0.2) is 36.4 Å². The first-order valence-electron chi connectivity index (χ1n) is 10.7. The third-order valence-electron chi connectivity index (χ3n) is 6.30. The smallest absolute Gasteiger partial charge is 0.224 e. The summed E-state index contributed by atoms with van der Waals surface area (Å²) in [7, 11) is 0. The molecule has 0 aliphatic heterocycles. The lowest BCUT2D eigenvalue weighted by Gasteiger charge is -2.31. The molecule has 2 aromatic carbocycles. The minimum Gasteiger partial charge on any atom is -0.326 e. The largest absolute Gasteiger partial charge is 0.326 e. The number of aryl methyl sites for hydroxylation is 1. The third kappa shape index (κ3) is 6.34. The van der Waals surface area contributed by atoms with Crippen LogP contribution in [-0.4, -0.2) is 5.91 Å². The van der Waals surface area contributed by atoms with Crippen LogP contribution in [0.25, 0.3) is 0 Å². The van der Waals surface area contributed by atoms with E-state index in [-0.39, 0.29) is 16.7 Å². The highest BCUT2D eigenvalue weighted by Gasteiger charge is 2.25. The van der Waals surface area contributed by atoms with Gasteiger partial charge in [-0.3, -0.25) is 4.79 Å². The molecule has 0 unspecified atom stereocenters. The van der Waals surface area contributed by atoms with Gasteiger partial charge in [0.2, 0.25) is 5.91 Å². The molecule has 0 aliphatic rings. The number of nitrogens with one attached hydrogen (secondary N) is 1. The van der Waals surface area contributed by atoms with Crippen molar-refractivity contribution in [2.45, 2.75) is 84.5 Å². The maximum atomic E-state index is 12.3. The van der Waals surface area contributed by atoms with E-state index < -0.39 is 0 Å². The third-order valence-corrected chi connectivity index (χ3v) is 6.53. The Labute approximate surface area is 182 Å². The first-order chi connectivity index (χ1) is 13.6. The second-order valence-electron chi connectivity index (χ2n) is 9.17. The van der Waals surface area contributed by atoms with Crippen LogP contribution in [0.4, 0.5) is 5.69 Å². The number of halogens is 1. The Balaban J connectivity index is 2.09. The van der Waals surface area contributed by atoms with E-state index in [4.69, 9.17) is 11.6 Å². The number of hydrogen-bond donors (Lipinski definition) is 1. The topological polar surface area (TPSA) is 29.1 Å². The molecule has 0 atom stereocenters. The van der Waals surface area contributed by atoms with E-state index in [0.717, 1.165) is 31.4 Å². The van der Waals surface area contributed by atoms with Gasteiger partial charge in [-0.25, -0.2) is 0 Å². The maximum Gasteiger partial charge on any atom is 0.224 e. The molecule has 0 saturated heterocycles. The molecular formula is C26H35ClNO. The zero-order valence-corrected chi connectivity index (χ0v) is 19.5. The number of hydrogen-bond acceptors (Lipinski definition) is 1. The molecule has 1 radical (unpaired) electrons. The Hall–Kier alpha value is -1.80. The van der Waals surface area contributed by atoms with Gasteiger partial charge in [-0.2, -0.15) is 0 Å². The van der Waals surface area contributed by atoms with Gasteiger partial charge in [0.05, 0.1) is 0 Å². The van der Waals surface area contributed by atoms with Crippen molar-refractivity contribution in [3.8, 4) is 0 Å². The molecule has 29 heavy (non-hydrogen) atoms. The summed E-state index contributed by atoms with van der Waals surface area (Å²) in [6, 6.07) is 15.1. The fourth-order valence-corrected chi connectivity index (χ4v) is 3.50. The number of carbonyl (C=O) groups excluding carboxylic acids is 1. The molecule has 0 aromatic heterocycles. The van der Waals surface area contributed by atoms with E-state index in [1.54, 1.807) is 18.2 Å². The van der Waals surface area contributed by atoms with Gasteiger partial charge < -0.3 is 5.32 Å². The van der Waals surface area contributed by atoms with Crippen molar-refractivity contribution in [3.63, 3.8) is 0 Å². The summed E-state index contributed by atoms with van der Waals surface area (Å²) in [5.74, 6) is 0.0285. The van der Waals surface area contributed by atoms with Crippen molar-refractivity contribution in [3.05, 3.63) is 64.2 Å². The summed E-state index contributed by atoms with van der Waals surface area (Å²) < 4.78 is 0. The van der Waals surface area contributed by atoms with Crippen LogP contribution < -0.4 is 5.32 Å². The van der Waals surface area contributed by atoms with Gasteiger partial charge in [0.1, 0.15) is 0 Å². The summed E-state index contributed by atoms with van der Waals surface area (Å²) in [4.78, 5) is 12.3. The average Bonchev–Trinajstić information content (AvgIpc) is 2.69. The van der Waals surface area contributed by atoms with Crippen molar-refractivity contribution in [1.29, 1.82) is 0 Å². The predicted octanol–water partition coefficient (Wildman–Crippen LogP) is 7.48. The van der Waals surface area contributed by atoms with Gasteiger partial charge >= 0.3 is 0 Å². The normalized spacial score (nSPS) is 12.1. The van der Waals surface area contributed by atoms with Crippen LogP contribution in [0, 0.1) is 6.07 Å². The van der Waals surface area contributed by atoms with Crippen LogP contribution in [0.2, 0.25) is 5.02 Å². The molecule has 0 aliphatic carbocycles. The van der Waals surface area contributed by atoms with E-state index in [1.807, 2.05) is 0 Å². The van der Waals surface area contributed by atoms with Crippen molar-refractivity contribution >= 4 is 23.2 Å². The molecule has 1 amide bonds. The number of anilines is 1. The zero-order valence-electron chi connectivity index (χ0n) is 18.8. The van der Waals surface area contributed by atoms with E-state index in [1.165, 1.54) is 16.7 Å². The lowest BCUT2D eigenvalue weighted by Crippen LogP contribution is -2.22. The molecular weight excluding hydrogens is 378 g/mol. The highest BCUT2D eigenvalue weighted by Crippen LogP contribution is 2.35. The fourth-order valence-electron chi connectivity index (χ4n) is 3.39. The summed E-state index contributed by atoms with van der Waals surface area (Å²) >= 11 is 5.84. The first kappa shape index (κ1) is 23.5. The molecule has 0 bridgehead atoms. The van der Waals surface area contributed by atoms with E-state index in [0.29, 0.717) is 11.4 Å². The molecule has 3 heteroatoms. The quantitative estimate of drug-likeness (QED) is 0.454. The molecule has 0 heterocycles. The molecule has 0 saturated carbocycles. The van der Waals surface area contributed by atoms with E-state index in [2.05, 4.69) is 71.1 Å². The molecule has 1 N–H and O–H groups in total. The molecule has 2 nitrogen and oxygen atoms in total. The minimum atomic E-state index is 0.0285. The van der Waals surface area contributed by atoms with Gasteiger partial charge in [0, 0.05) is 23.2 Å². The lowest BCUT2D eigenvalue weighted by atomic mass is 9.74. The summed E-state index contributed by atoms with van der Waals surface area (Å²) in [6.45, 7) is 13.7. The fraction of sp³-hybridized carbons (Fsp3) is 0.500. The van der Waals surface area contributed by atoms with Gasteiger partial charge in [-0.15, -0.1) is 0 Å². The van der Waals surface area contributed by atoms with Gasteiger partial charge in [-0.1, -0.05) is 71.3 Å². The molecule has 2 aromatic rings. The Morgan fingerprint density at radius 1 is 1.03 bits per heavy atom. The zero-order chi connectivity index (χ0) is 21.7. The van der Waals surface area contributed by atoms with Crippen LogP contribution >= 0.6 is 11.6 Å². The number of benzene rings is 2. The van der Waals surface area contributed by atoms with Crippen molar-refractivity contribution in [1.82, 2.24) is 0 Å². The van der Waals surface area contributed by atoms with Crippen LogP contribution in [-0.2, 0) is 22.0 Å². The Morgan fingerprint density at radius 2 is 1.72 bits per heavy atom. The summed E-state index contributed by atoms with van der Waals surface area (Å²) in [5, 5.41) is 3.46.